The first kappa shape index (κ1) is 10.6. The van der Waals surface area contributed by atoms with Crippen molar-refractivity contribution in [2.75, 3.05) is 0 Å². The summed E-state index contributed by atoms with van der Waals surface area (Å²) in [5, 5.41) is 0. The van der Waals surface area contributed by atoms with Gasteiger partial charge in [-0.2, -0.15) is 0 Å². The van der Waals surface area contributed by atoms with Gasteiger partial charge in [-0.15, -0.1) is 0 Å². The smallest absolute Gasteiger partial charge is 0.448 e. The van der Waals surface area contributed by atoms with Crippen LogP contribution in [-0.4, -0.2) is 16.1 Å². The average Bonchev–Trinajstić information content (AvgIpc) is 2.04. The van der Waals surface area contributed by atoms with E-state index in [1.165, 1.54) is 7.05 Å². The lowest BCUT2D eigenvalue weighted by Crippen LogP contribution is -2.43. The molecule has 0 atom stereocenters. The number of aryl methyl sites for hydroxylation is 1. The number of aromatic nitrogens is 2. The van der Waals surface area contributed by atoms with Crippen molar-refractivity contribution in [1.29, 1.82) is 0 Å². The second-order valence-corrected chi connectivity index (χ2v) is 2.87. The zero-order chi connectivity index (χ0) is 10.9. The highest BCUT2D eigenvalue weighted by molar-refractivity contribution is 6.57. The van der Waals surface area contributed by atoms with Crippen LogP contribution in [0.1, 0.15) is 0 Å². The minimum atomic E-state index is -5.18. The Balaban J connectivity index is 3.28. The number of halogens is 3. The Kier molecular flexibility index (Phi) is 2.54. The lowest BCUT2D eigenvalue weighted by molar-refractivity contribution is 0.435. The first-order valence-electron chi connectivity index (χ1n) is 3.79. The summed E-state index contributed by atoms with van der Waals surface area (Å²) in [6, 6.07) is 0.920. The Morgan fingerprint density at radius 1 is 1.36 bits per heavy atom. The van der Waals surface area contributed by atoms with E-state index in [0.717, 1.165) is 16.8 Å². The van der Waals surface area contributed by atoms with Crippen molar-refractivity contribution in [3.8, 4) is 0 Å². The van der Waals surface area contributed by atoms with Gasteiger partial charge in [-0.3, -0.25) is 9.36 Å². The van der Waals surface area contributed by atoms with Crippen molar-refractivity contribution in [1.82, 2.24) is 9.13 Å². The topological polar surface area (TPSA) is 44.0 Å². The number of hydrogen-bond donors (Lipinski definition) is 0. The molecule has 0 unspecified atom stereocenters. The Morgan fingerprint density at radius 2 is 1.93 bits per heavy atom. The molecule has 0 amide bonds. The molecule has 0 aromatic carbocycles. The molecular weight excluding hydrogens is 200 g/mol. The Bertz CT molecular complexity index is 448. The quantitative estimate of drug-likeness (QED) is 0.637. The van der Waals surface area contributed by atoms with E-state index in [1.807, 2.05) is 0 Å². The van der Waals surface area contributed by atoms with Crippen LogP contribution in [0.2, 0.25) is 0 Å². The van der Waals surface area contributed by atoms with Crippen LogP contribution in [0.5, 0.6) is 0 Å². The van der Waals surface area contributed by atoms with E-state index >= 15 is 0 Å². The maximum atomic E-state index is 12.0. The molecule has 0 saturated carbocycles. The van der Waals surface area contributed by atoms with E-state index in [9.17, 15) is 22.5 Å². The Morgan fingerprint density at radius 3 is 2.43 bits per heavy atom. The molecule has 0 fully saturated rings. The van der Waals surface area contributed by atoms with E-state index in [1.54, 1.807) is 0 Å². The molecule has 1 heterocycles. The van der Waals surface area contributed by atoms with Gasteiger partial charge in [-0.25, -0.2) is 4.79 Å². The molecule has 1 aromatic rings. The van der Waals surface area contributed by atoms with E-state index in [4.69, 9.17) is 0 Å². The zero-order valence-electron chi connectivity index (χ0n) is 7.28. The van der Waals surface area contributed by atoms with Crippen molar-refractivity contribution in [2.24, 2.45) is 7.05 Å². The van der Waals surface area contributed by atoms with Crippen LogP contribution in [0.15, 0.2) is 21.9 Å². The maximum Gasteiger partial charge on any atom is 0.497 e. The number of rotatable bonds is 2. The minimum Gasteiger partial charge on any atom is -0.448 e. The highest BCUT2D eigenvalue weighted by Gasteiger charge is 2.25. The molecule has 78 valence electrons. The third-order valence-electron chi connectivity index (χ3n) is 1.63. The van der Waals surface area contributed by atoms with Crippen LogP contribution in [-0.2, 0) is 13.5 Å². The van der Waals surface area contributed by atoms with Gasteiger partial charge in [-0.1, -0.05) is 0 Å². The molecule has 14 heavy (non-hydrogen) atoms. The van der Waals surface area contributed by atoms with E-state index in [-0.39, 0.29) is 4.57 Å². The molecule has 0 N–H and O–H groups in total. The van der Waals surface area contributed by atoms with Gasteiger partial charge in [-0.05, 0) is 0 Å². The van der Waals surface area contributed by atoms with Crippen molar-refractivity contribution < 1.29 is 12.9 Å². The van der Waals surface area contributed by atoms with Gasteiger partial charge >= 0.3 is 12.7 Å². The van der Waals surface area contributed by atoms with Crippen LogP contribution >= 0.6 is 0 Å². The van der Waals surface area contributed by atoms with Crippen LogP contribution in [0.25, 0.3) is 0 Å². The van der Waals surface area contributed by atoms with Crippen LogP contribution in [0.4, 0.5) is 12.9 Å². The largest absolute Gasteiger partial charge is 0.497 e. The summed E-state index contributed by atoms with van der Waals surface area (Å²) < 4.78 is 37.0. The summed E-state index contributed by atoms with van der Waals surface area (Å²) in [7, 11) is 1.28. The summed E-state index contributed by atoms with van der Waals surface area (Å²) >= 11 is 0. The van der Waals surface area contributed by atoms with Crippen molar-refractivity contribution >= 4 is 6.98 Å². The summed E-state index contributed by atoms with van der Waals surface area (Å²) in [5.74, 6) is 0. The fourth-order valence-electron chi connectivity index (χ4n) is 0.989. The molecule has 0 radical (unpaired) electrons. The molecule has 8 heteroatoms. The molecule has 4 nitrogen and oxygen atoms in total. The first-order chi connectivity index (χ1) is 6.31. The predicted octanol–water partition coefficient (Wildman–Crippen LogP) is -0.0664. The van der Waals surface area contributed by atoms with Gasteiger partial charge in [0, 0.05) is 25.8 Å². The Hall–Kier alpha value is -1.47. The van der Waals surface area contributed by atoms with Crippen LogP contribution in [0.3, 0.4) is 0 Å². The van der Waals surface area contributed by atoms with Gasteiger partial charge < -0.3 is 17.5 Å². The molecule has 0 aliphatic carbocycles. The normalized spacial score (nSPS) is 11.7. The highest BCUT2D eigenvalue weighted by atomic mass is 19.4. The first-order valence-corrected chi connectivity index (χ1v) is 3.79. The summed E-state index contributed by atoms with van der Waals surface area (Å²) in [4.78, 5) is 22.0. The van der Waals surface area contributed by atoms with Crippen LogP contribution in [0, 0.1) is 0 Å². The molecule has 0 aliphatic heterocycles. The van der Waals surface area contributed by atoms with Crippen molar-refractivity contribution in [2.45, 2.75) is 6.44 Å². The second-order valence-electron chi connectivity index (χ2n) is 2.87. The fourth-order valence-corrected chi connectivity index (χ4v) is 0.989. The van der Waals surface area contributed by atoms with Crippen LogP contribution < -0.4 is 11.2 Å². The molecule has 0 spiro atoms. The SMILES string of the molecule is Cn1ccc(=O)n(C[B-](F)(F)F)c1=O. The number of hydrogen-bond acceptors (Lipinski definition) is 2. The Labute approximate surface area is 76.6 Å². The van der Waals surface area contributed by atoms with E-state index in [0.29, 0.717) is 0 Å². The van der Waals surface area contributed by atoms with E-state index < -0.39 is 24.7 Å². The second kappa shape index (κ2) is 3.35. The van der Waals surface area contributed by atoms with Gasteiger partial charge in [0.25, 0.3) is 5.56 Å². The van der Waals surface area contributed by atoms with Crippen molar-refractivity contribution in [3.63, 3.8) is 0 Å². The van der Waals surface area contributed by atoms with Gasteiger partial charge in [0.1, 0.15) is 0 Å². The highest BCUT2D eigenvalue weighted by Crippen LogP contribution is 2.08. The molecule has 0 saturated heterocycles. The zero-order valence-corrected chi connectivity index (χ0v) is 7.28. The van der Waals surface area contributed by atoms with Gasteiger partial charge in [0.05, 0.1) is 0 Å². The molecule has 0 bridgehead atoms. The predicted molar refractivity (Wildman–Crippen MR) is 45.0 cm³/mol. The standard InChI is InChI=1S/C6H7BF3N2O2/c1-11-3-2-5(13)12(6(11)14)4-7(8,9)10/h2-3H,4H2,1H3/q-1. The van der Waals surface area contributed by atoms with Crippen molar-refractivity contribution in [3.05, 3.63) is 33.1 Å². The molecule has 1 rings (SSSR count). The summed E-state index contributed by atoms with van der Waals surface area (Å²) in [5.41, 5.74) is -1.90. The minimum absolute atomic E-state index is 0.167. The lowest BCUT2D eigenvalue weighted by atomic mass is 9.92. The lowest BCUT2D eigenvalue weighted by Gasteiger charge is -2.14. The van der Waals surface area contributed by atoms with Gasteiger partial charge in [0.15, 0.2) is 0 Å². The third kappa shape index (κ3) is 2.27. The third-order valence-corrected chi connectivity index (χ3v) is 1.63. The summed E-state index contributed by atoms with van der Waals surface area (Å²) in [6.45, 7) is -5.18. The molecule has 1 aromatic heterocycles. The average molecular weight is 207 g/mol. The maximum absolute atomic E-state index is 12.0. The number of nitrogens with zero attached hydrogens (tertiary/aromatic N) is 2. The molecule has 0 aliphatic rings. The van der Waals surface area contributed by atoms with E-state index in [2.05, 4.69) is 0 Å². The fraction of sp³-hybridized carbons (Fsp3) is 0.333. The van der Waals surface area contributed by atoms with Gasteiger partial charge in [0.2, 0.25) is 0 Å². The summed E-state index contributed by atoms with van der Waals surface area (Å²) in [6.07, 6.45) is -0.364. The molecular formula is C6H7BF3N2O2-. The monoisotopic (exact) mass is 207 g/mol.